The normalized spacial score (nSPS) is 10.6. The van der Waals surface area contributed by atoms with Gasteiger partial charge in [0, 0.05) is 33.8 Å². The van der Waals surface area contributed by atoms with Crippen molar-refractivity contribution >= 4 is 34.8 Å². The molecule has 0 aliphatic carbocycles. The van der Waals surface area contributed by atoms with Crippen LogP contribution in [0.15, 0.2) is 237 Å². The molecular weight excluding hydrogens is 1100 g/mol. The van der Waals surface area contributed by atoms with Crippen molar-refractivity contribution in [1.29, 1.82) is 0 Å². The summed E-state index contributed by atoms with van der Waals surface area (Å²) in [7, 11) is 3.40. The molecule has 0 aromatic heterocycles. The molecule has 2 heterocycles. The molecule has 2 aliphatic rings. The number of rotatable bonds is 8. The fourth-order valence-electron chi connectivity index (χ4n) is 8.63. The van der Waals surface area contributed by atoms with E-state index >= 15 is 0 Å². The summed E-state index contributed by atoms with van der Waals surface area (Å²) in [5.41, 5.74) is 15.0. The largest absolute Gasteiger partial charge is 0.496 e. The Morgan fingerprint density at radius 1 is 0.341 bits per heavy atom. The van der Waals surface area contributed by atoms with Gasteiger partial charge >= 0.3 is 0 Å². The van der Waals surface area contributed by atoms with Crippen molar-refractivity contribution in [3.8, 4) is 34.5 Å². The van der Waals surface area contributed by atoms with Crippen LogP contribution in [0.25, 0.3) is 0 Å². The number of para-hydroxylation sites is 5. The minimum atomic E-state index is -0.0776. The number of methoxy groups -OCH3 is 2. The summed E-state index contributed by atoms with van der Waals surface area (Å²) in [4.78, 5) is 35.6. The summed E-state index contributed by atoms with van der Waals surface area (Å²) < 4.78 is 31.0. The van der Waals surface area contributed by atoms with Gasteiger partial charge in [0.2, 0.25) is 13.6 Å². The average Bonchev–Trinajstić information content (AvgIpc) is 4.37. The molecule has 12 nitrogen and oxygen atoms in total. The molecule has 0 atom stereocenters. The zero-order valence-electron chi connectivity index (χ0n) is 52.1. The third kappa shape index (κ3) is 21.5. The number of fused-ring (bicyclic) bond motifs is 2. The highest BCUT2D eigenvalue weighted by Gasteiger charge is 2.15. The van der Waals surface area contributed by atoms with E-state index in [1.165, 1.54) is 27.8 Å². The van der Waals surface area contributed by atoms with Crippen molar-refractivity contribution in [2.45, 2.75) is 62.3 Å². The molecule has 3 N–H and O–H groups in total. The van der Waals surface area contributed by atoms with E-state index < -0.39 is 0 Å². The molecule has 0 spiro atoms. The van der Waals surface area contributed by atoms with E-state index in [-0.39, 0.29) is 17.7 Å². The minimum Gasteiger partial charge on any atom is -0.496 e. The maximum atomic E-state index is 11.9. The van der Waals surface area contributed by atoms with Gasteiger partial charge in [-0.05, 0) is 192 Å². The van der Waals surface area contributed by atoms with Crippen molar-refractivity contribution < 1.29 is 42.8 Å². The highest BCUT2D eigenvalue weighted by atomic mass is 16.7. The first-order valence-electron chi connectivity index (χ1n) is 28.7. The smallest absolute Gasteiger partial charge is 0.255 e. The van der Waals surface area contributed by atoms with Crippen molar-refractivity contribution in [2.24, 2.45) is 0 Å². The number of carbonyl (C=O) groups excluding carboxylic acids is 3. The first kappa shape index (κ1) is 66.5. The van der Waals surface area contributed by atoms with Crippen LogP contribution in [0.5, 0.6) is 34.5 Å². The molecule has 452 valence electrons. The van der Waals surface area contributed by atoms with Gasteiger partial charge in [-0.1, -0.05) is 157 Å². The predicted octanol–water partition coefficient (Wildman–Crippen LogP) is 17.8. The van der Waals surface area contributed by atoms with Gasteiger partial charge in [0.05, 0.1) is 14.2 Å². The van der Waals surface area contributed by atoms with Crippen LogP contribution in [0.4, 0.5) is 17.1 Å². The first-order valence-corrected chi connectivity index (χ1v) is 28.7. The molecule has 12 heteroatoms. The second kappa shape index (κ2) is 35.0. The number of amides is 3. The molecular formula is C76H79N3O9. The Morgan fingerprint density at radius 3 is 1.34 bits per heavy atom. The van der Waals surface area contributed by atoms with Crippen LogP contribution in [0, 0.1) is 62.3 Å². The maximum absolute atomic E-state index is 11.9. The molecule has 0 unspecified atom stereocenters. The third-order valence-corrected chi connectivity index (χ3v) is 13.6. The summed E-state index contributed by atoms with van der Waals surface area (Å²) in [5, 5.41) is 8.55. The standard InChI is InChI=1S/3C14H13NO.2C9H12O.2C8H8O2/c1-11-6-5-7-12(10-11)14(16)15-13-8-3-2-4-9-13;1-11-7-5-6-10-13(11)14(16)15-12-8-3-2-4-9-12;1-11-7-9-12(10-8-11)14(16)15-13-5-3-2-4-6-13;1-7-5-4-6-9(10-3)8(7)2;1-7-5-4-6-8(2)9(7)10-3;1-6-2-3-7-8(4-6)10-5-9-7;1-6-3-2-4-7-8(6)10-5-9-7/h3*2-10H,1H3,(H,15,16);2*4-6H,1-3H3;2*2-4H,5H2,1H3. The number of ether oxygens (including phenoxy) is 6. The zero-order valence-corrected chi connectivity index (χ0v) is 52.1. The molecule has 10 aromatic rings. The monoisotopic (exact) mass is 1180 g/mol. The molecule has 0 fully saturated rings. The van der Waals surface area contributed by atoms with E-state index in [1.807, 2.05) is 279 Å². The lowest BCUT2D eigenvalue weighted by atomic mass is 10.1. The van der Waals surface area contributed by atoms with E-state index in [0.717, 1.165) is 73.8 Å². The highest BCUT2D eigenvalue weighted by molar-refractivity contribution is 6.06. The molecule has 0 saturated carbocycles. The maximum Gasteiger partial charge on any atom is 0.255 e. The Bertz CT molecular complexity index is 3760. The average molecular weight is 1180 g/mol. The van der Waals surface area contributed by atoms with Crippen LogP contribution in [0.3, 0.4) is 0 Å². The highest BCUT2D eigenvalue weighted by Crippen LogP contribution is 2.35. The van der Waals surface area contributed by atoms with Gasteiger partial charge in [-0.3, -0.25) is 14.4 Å². The molecule has 12 rings (SSSR count). The number of anilines is 3. The molecule has 0 bridgehead atoms. The van der Waals surface area contributed by atoms with E-state index in [1.54, 1.807) is 14.2 Å². The zero-order chi connectivity index (χ0) is 63.2. The Kier molecular flexibility index (Phi) is 26.5. The Hall–Kier alpha value is -10.6. The number of hydrogen-bond donors (Lipinski definition) is 3. The Labute approximate surface area is 519 Å². The van der Waals surface area contributed by atoms with Crippen molar-refractivity contribution in [1.82, 2.24) is 0 Å². The quantitative estimate of drug-likeness (QED) is 0.135. The summed E-state index contributed by atoms with van der Waals surface area (Å²) in [6.07, 6.45) is 0. The molecule has 0 radical (unpaired) electrons. The lowest BCUT2D eigenvalue weighted by Crippen LogP contribution is -2.12. The van der Waals surface area contributed by atoms with Gasteiger partial charge in [-0.25, -0.2) is 0 Å². The van der Waals surface area contributed by atoms with Gasteiger partial charge in [0.1, 0.15) is 11.5 Å². The SMILES string of the molecule is COc1c(C)cccc1C.COc1cccc(C)c1C.Cc1ccc(C(=O)Nc2ccccc2)cc1.Cc1ccc2c(c1)OCO2.Cc1cccc(C(=O)Nc2ccccc2)c1.Cc1cccc2c1OCO2.Cc1ccccc1C(=O)Nc1ccccc1. The number of benzene rings is 10. The van der Waals surface area contributed by atoms with E-state index in [0.29, 0.717) is 30.3 Å². The van der Waals surface area contributed by atoms with E-state index in [2.05, 4.69) is 35.9 Å². The van der Waals surface area contributed by atoms with Crippen LogP contribution in [0.2, 0.25) is 0 Å². The minimum absolute atomic E-state index is 0.0655. The van der Waals surface area contributed by atoms with E-state index in [4.69, 9.17) is 28.4 Å². The van der Waals surface area contributed by atoms with Gasteiger partial charge in [-0.15, -0.1) is 0 Å². The molecule has 2 aliphatic heterocycles. The molecule has 3 amide bonds. The Morgan fingerprint density at radius 2 is 0.795 bits per heavy atom. The second-order valence-corrected chi connectivity index (χ2v) is 20.5. The molecule has 0 saturated heterocycles. The van der Waals surface area contributed by atoms with Crippen molar-refractivity contribution in [2.75, 3.05) is 43.8 Å². The van der Waals surface area contributed by atoms with Crippen LogP contribution in [-0.4, -0.2) is 45.5 Å². The van der Waals surface area contributed by atoms with Crippen LogP contribution >= 0.6 is 0 Å². The fraction of sp³-hybridized carbons (Fsp3) is 0.171. The van der Waals surface area contributed by atoms with E-state index in [9.17, 15) is 14.4 Å². The predicted molar refractivity (Wildman–Crippen MR) is 356 cm³/mol. The van der Waals surface area contributed by atoms with Crippen molar-refractivity contribution in [3.05, 3.63) is 303 Å². The summed E-state index contributed by atoms with van der Waals surface area (Å²) >= 11 is 0. The lowest BCUT2D eigenvalue weighted by molar-refractivity contribution is 0.101. The first-order chi connectivity index (χ1) is 42.5. The number of carbonyl (C=O) groups is 3. The summed E-state index contributed by atoms with van der Waals surface area (Å²) in [6, 6.07) is 74.9. The van der Waals surface area contributed by atoms with Crippen LogP contribution in [-0.2, 0) is 0 Å². The Balaban J connectivity index is 0.000000166. The van der Waals surface area contributed by atoms with Crippen molar-refractivity contribution in [3.63, 3.8) is 0 Å². The lowest BCUT2D eigenvalue weighted by Gasteiger charge is -2.06. The number of hydrogen-bond acceptors (Lipinski definition) is 9. The van der Waals surface area contributed by atoms with Crippen LogP contribution < -0.4 is 44.4 Å². The number of aryl methyl sites for hydroxylation is 8. The summed E-state index contributed by atoms with van der Waals surface area (Å²) in [5.74, 6) is 5.22. The third-order valence-electron chi connectivity index (χ3n) is 13.6. The van der Waals surface area contributed by atoms with Gasteiger partial charge < -0.3 is 44.4 Å². The molecule has 88 heavy (non-hydrogen) atoms. The van der Waals surface area contributed by atoms with Gasteiger partial charge in [0.25, 0.3) is 17.7 Å². The fourth-order valence-corrected chi connectivity index (χ4v) is 8.63. The van der Waals surface area contributed by atoms with Crippen LogP contribution in [0.1, 0.15) is 81.1 Å². The molecule has 10 aromatic carbocycles. The number of nitrogens with one attached hydrogen (secondary N) is 3. The topological polar surface area (TPSA) is 143 Å². The summed E-state index contributed by atoms with van der Waals surface area (Å²) in [6.45, 7) is 18.9. The second-order valence-electron chi connectivity index (χ2n) is 20.5. The van der Waals surface area contributed by atoms with Gasteiger partial charge in [-0.2, -0.15) is 0 Å². The van der Waals surface area contributed by atoms with Gasteiger partial charge in [0.15, 0.2) is 23.0 Å².